The monoisotopic (exact) mass is 465 g/mol. The number of amides is 1. The summed E-state index contributed by atoms with van der Waals surface area (Å²) in [5, 5.41) is 11.5. The fourth-order valence-electron chi connectivity index (χ4n) is 4.28. The molecule has 1 amide bonds. The van der Waals surface area contributed by atoms with Crippen LogP contribution in [0, 0.1) is 0 Å². The van der Waals surface area contributed by atoms with Crippen LogP contribution in [0.15, 0.2) is 58.2 Å². The molecule has 4 rings (SSSR count). The summed E-state index contributed by atoms with van der Waals surface area (Å²) in [6.07, 6.45) is 0.646. The molecule has 0 aliphatic carbocycles. The minimum atomic E-state index is -0.805. The lowest BCUT2D eigenvalue weighted by Crippen LogP contribution is -2.31. The van der Waals surface area contributed by atoms with Gasteiger partial charge in [-0.15, -0.1) is 0 Å². The molecule has 0 radical (unpaired) electrons. The number of methoxy groups -OCH3 is 2. The second kappa shape index (κ2) is 9.51. The molecule has 8 nitrogen and oxygen atoms in total. The Kier molecular flexibility index (Phi) is 6.49. The SMILES string of the molecule is CCCN1C(=O)C(O)=C(C(=O)c2cc3cccc(OC)c3o2)C1c1ccc(OC)c(OCC)c1. The van der Waals surface area contributed by atoms with Crippen molar-refractivity contribution in [2.75, 3.05) is 27.4 Å². The summed E-state index contributed by atoms with van der Waals surface area (Å²) in [6, 6.07) is 11.3. The van der Waals surface area contributed by atoms with Crippen molar-refractivity contribution in [3.63, 3.8) is 0 Å². The summed E-state index contributed by atoms with van der Waals surface area (Å²) in [5.41, 5.74) is 0.999. The van der Waals surface area contributed by atoms with Gasteiger partial charge in [0.05, 0.1) is 32.4 Å². The molecule has 0 spiro atoms. The van der Waals surface area contributed by atoms with Gasteiger partial charge in [0.15, 0.2) is 34.4 Å². The Morgan fingerprint density at radius 2 is 1.82 bits per heavy atom. The highest BCUT2D eigenvalue weighted by atomic mass is 16.5. The lowest BCUT2D eigenvalue weighted by Gasteiger charge is -2.26. The van der Waals surface area contributed by atoms with Gasteiger partial charge in [0.1, 0.15) is 0 Å². The van der Waals surface area contributed by atoms with Crippen molar-refractivity contribution < 1.29 is 33.3 Å². The molecule has 0 bridgehead atoms. The third kappa shape index (κ3) is 3.85. The van der Waals surface area contributed by atoms with E-state index in [1.54, 1.807) is 42.5 Å². The molecule has 2 heterocycles. The zero-order chi connectivity index (χ0) is 24.4. The van der Waals surface area contributed by atoms with E-state index in [0.717, 1.165) is 0 Å². The van der Waals surface area contributed by atoms with Crippen molar-refractivity contribution in [3.05, 3.63) is 65.1 Å². The molecular weight excluding hydrogens is 438 g/mol. The number of fused-ring (bicyclic) bond motifs is 1. The molecule has 0 saturated heterocycles. The zero-order valence-electron chi connectivity index (χ0n) is 19.6. The van der Waals surface area contributed by atoms with Crippen molar-refractivity contribution >= 4 is 22.7 Å². The maximum absolute atomic E-state index is 13.7. The first-order valence-corrected chi connectivity index (χ1v) is 11.1. The molecule has 1 aromatic heterocycles. The third-order valence-corrected chi connectivity index (χ3v) is 5.77. The van der Waals surface area contributed by atoms with Gasteiger partial charge in [0.2, 0.25) is 5.78 Å². The predicted octanol–water partition coefficient (Wildman–Crippen LogP) is 4.84. The molecule has 3 aromatic rings. The molecular formula is C26H27NO7. The first kappa shape index (κ1) is 23.2. The van der Waals surface area contributed by atoms with Gasteiger partial charge >= 0.3 is 0 Å². The van der Waals surface area contributed by atoms with Crippen molar-refractivity contribution in [1.29, 1.82) is 0 Å². The quantitative estimate of drug-likeness (QED) is 0.452. The number of hydrogen-bond acceptors (Lipinski definition) is 7. The van der Waals surface area contributed by atoms with E-state index in [1.807, 2.05) is 13.8 Å². The molecule has 178 valence electrons. The Bertz CT molecular complexity index is 1270. The van der Waals surface area contributed by atoms with Gasteiger partial charge < -0.3 is 28.6 Å². The van der Waals surface area contributed by atoms with Gasteiger partial charge in [0, 0.05) is 11.9 Å². The first-order chi connectivity index (χ1) is 16.4. The number of Topliss-reactive ketones (excluding diaryl/α,β-unsaturated/α-hetero) is 1. The van der Waals surface area contributed by atoms with Gasteiger partial charge in [-0.25, -0.2) is 0 Å². The molecule has 1 unspecified atom stereocenters. The molecule has 1 aliphatic rings. The van der Waals surface area contributed by atoms with Gasteiger partial charge in [-0.1, -0.05) is 25.1 Å². The highest BCUT2D eigenvalue weighted by Crippen LogP contribution is 2.42. The molecule has 1 N–H and O–H groups in total. The Hall–Kier alpha value is -3.94. The number of carbonyl (C=O) groups is 2. The topological polar surface area (TPSA) is 98.4 Å². The first-order valence-electron chi connectivity index (χ1n) is 11.1. The number of ketones is 1. The number of rotatable bonds is 9. The number of carbonyl (C=O) groups excluding carboxylic acids is 2. The smallest absolute Gasteiger partial charge is 0.290 e. The summed E-state index contributed by atoms with van der Waals surface area (Å²) >= 11 is 0. The fourth-order valence-corrected chi connectivity index (χ4v) is 4.28. The van der Waals surface area contributed by atoms with E-state index in [9.17, 15) is 14.7 Å². The van der Waals surface area contributed by atoms with E-state index < -0.39 is 23.5 Å². The summed E-state index contributed by atoms with van der Waals surface area (Å²) < 4.78 is 22.2. The summed E-state index contributed by atoms with van der Waals surface area (Å²) in [5.74, 6) is -0.238. The van der Waals surface area contributed by atoms with Crippen LogP contribution in [0.5, 0.6) is 17.2 Å². The average Bonchev–Trinajstić information content (AvgIpc) is 3.39. The van der Waals surface area contributed by atoms with Crippen LogP contribution in [-0.4, -0.2) is 49.1 Å². The molecule has 0 saturated carbocycles. The standard InChI is InChI=1S/C26H27NO7/c1-5-12-27-22(15-10-11-17(31-3)19(13-15)33-6-2)21(24(29)26(27)30)23(28)20-14-16-8-7-9-18(32-4)25(16)34-20/h7-11,13-14,22,29H,5-6,12H2,1-4H3. The van der Waals surface area contributed by atoms with E-state index in [1.165, 1.54) is 19.1 Å². The number of benzene rings is 2. The zero-order valence-corrected chi connectivity index (χ0v) is 19.6. The molecule has 2 aromatic carbocycles. The number of furan rings is 1. The highest BCUT2D eigenvalue weighted by Gasteiger charge is 2.44. The number of para-hydroxylation sites is 1. The molecule has 8 heteroatoms. The second-order valence-corrected chi connectivity index (χ2v) is 7.83. The van der Waals surface area contributed by atoms with E-state index in [4.69, 9.17) is 18.6 Å². The Morgan fingerprint density at radius 1 is 1.06 bits per heavy atom. The van der Waals surface area contributed by atoms with Crippen molar-refractivity contribution in [3.8, 4) is 17.2 Å². The highest BCUT2D eigenvalue weighted by molar-refractivity contribution is 6.16. The van der Waals surface area contributed by atoms with Crippen LogP contribution in [-0.2, 0) is 4.79 Å². The van der Waals surface area contributed by atoms with E-state index in [-0.39, 0.29) is 11.3 Å². The van der Waals surface area contributed by atoms with Crippen molar-refractivity contribution in [2.45, 2.75) is 26.3 Å². The van der Waals surface area contributed by atoms with Crippen LogP contribution in [0.4, 0.5) is 0 Å². The molecule has 1 atom stereocenters. The number of hydrogen-bond donors (Lipinski definition) is 1. The van der Waals surface area contributed by atoms with Gasteiger partial charge in [0.25, 0.3) is 5.91 Å². The lowest BCUT2D eigenvalue weighted by molar-refractivity contribution is -0.129. The van der Waals surface area contributed by atoms with Crippen LogP contribution in [0.1, 0.15) is 42.4 Å². The Labute approximate surface area is 197 Å². The molecule has 1 aliphatic heterocycles. The van der Waals surface area contributed by atoms with Crippen LogP contribution < -0.4 is 14.2 Å². The van der Waals surface area contributed by atoms with Crippen LogP contribution in [0.2, 0.25) is 0 Å². The van der Waals surface area contributed by atoms with Crippen LogP contribution in [0.3, 0.4) is 0 Å². The van der Waals surface area contributed by atoms with Crippen molar-refractivity contribution in [1.82, 2.24) is 4.90 Å². The normalized spacial score (nSPS) is 15.8. The van der Waals surface area contributed by atoms with Crippen molar-refractivity contribution in [2.24, 2.45) is 0 Å². The number of aliphatic hydroxyl groups excluding tert-OH is 1. The van der Waals surface area contributed by atoms with Crippen LogP contribution >= 0.6 is 0 Å². The second-order valence-electron chi connectivity index (χ2n) is 7.83. The van der Waals surface area contributed by atoms with E-state index in [2.05, 4.69) is 0 Å². The Balaban J connectivity index is 1.83. The largest absolute Gasteiger partial charge is 0.503 e. The number of ether oxygens (including phenoxy) is 3. The minimum Gasteiger partial charge on any atom is -0.503 e. The van der Waals surface area contributed by atoms with Gasteiger partial charge in [-0.05, 0) is 43.2 Å². The third-order valence-electron chi connectivity index (χ3n) is 5.77. The summed E-state index contributed by atoms with van der Waals surface area (Å²) in [6.45, 7) is 4.54. The Morgan fingerprint density at radius 3 is 2.50 bits per heavy atom. The molecule has 34 heavy (non-hydrogen) atoms. The maximum Gasteiger partial charge on any atom is 0.290 e. The number of nitrogens with zero attached hydrogens (tertiary/aromatic N) is 1. The summed E-state index contributed by atoms with van der Waals surface area (Å²) in [4.78, 5) is 28.1. The average molecular weight is 466 g/mol. The lowest BCUT2D eigenvalue weighted by atomic mass is 9.94. The van der Waals surface area contributed by atoms with Crippen LogP contribution in [0.25, 0.3) is 11.0 Å². The minimum absolute atomic E-state index is 0.00995. The van der Waals surface area contributed by atoms with E-state index >= 15 is 0 Å². The molecule has 0 fully saturated rings. The number of aliphatic hydroxyl groups is 1. The maximum atomic E-state index is 13.7. The van der Waals surface area contributed by atoms with Gasteiger partial charge in [-0.3, -0.25) is 9.59 Å². The summed E-state index contributed by atoms with van der Waals surface area (Å²) in [7, 11) is 3.05. The van der Waals surface area contributed by atoms with E-state index in [0.29, 0.717) is 53.4 Å². The fraction of sp³-hybridized carbons (Fsp3) is 0.308. The van der Waals surface area contributed by atoms with Gasteiger partial charge in [-0.2, -0.15) is 0 Å². The predicted molar refractivity (Wildman–Crippen MR) is 126 cm³/mol.